The Kier molecular flexibility index (Phi) is 12.5. The lowest BCUT2D eigenvalue weighted by Crippen LogP contribution is -2.01. The lowest BCUT2D eigenvalue weighted by atomic mass is 9.86. The third kappa shape index (κ3) is 8.46. The number of benzene rings is 8. The van der Waals surface area contributed by atoms with E-state index in [0.29, 0.717) is 0 Å². The molecule has 54 heavy (non-hydrogen) atoms. The summed E-state index contributed by atoms with van der Waals surface area (Å²) in [5.74, 6) is 3.25. The maximum absolute atomic E-state index is 3.65. The smallest absolute Gasteiger partial charge is 0.0254 e. The number of hydrogen-bond acceptors (Lipinski definition) is 0. The lowest BCUT2D eigenvalue weighted by molar-refractivity contribution is 0.437. The van der Waals surface area contributed by atoms with E-state index < -0.39 is 0 Å². The molecule has 280 valence electrons. The highest BCUT2D eigenvalue weighted by Gasteiger charge is 2.16. The van der Waals surface area contributed by atoms with Crippen molar-refractivity contribution in [2.45, 2.75) is 106 Å². The summed E-state index contributed by atoms with van der Waals surface area (Å²) in [5.41, 5.74) is 3.08. The van der Waals surface area contributed by atoms with Crippen molar-refractivity contribution >= 4 is 96.5 Å². The molecule has 0 heterocycles. The zero-order valence-electron chi connectivity index (χ0n) is 33.4. The summed E-state index contributed by atoms with van der Waals surface area (Å²) in [7, 11) is 0. The van der Waals surface area contributed by atoms with E-state index in [1.165, 1.54) is 134 Å². The van der Waals surface area contributed by atoms with Crippen LogP contribution in [0.3, 0.4) is 0 Å². The monoisotopic (exact) mass is 840 g/mol. The van der Waals surface area contributed by atoms with Crippen molar-refractivity contribution < 1.29 is 0 Å². The number of rotatable bonds is 14. The van der Waals surface area contributed by atoms with E-state index in [1.54, 1.807) is 5.56 Å². The van der Waals surface area contributed by atoms with Gasteiger partial charge in [-0.25, -0.2) is 0 Å². The molecule has 0 aromatic heterocycles. The van der Waals surface area contributed by atoms with Crippen LogP contribution < -0.4 is 0 Å². The van der Waals surface area contributed by atoms with Gasteiger partial charge in [-0.3, -0.25) is 0 Å². The van der Waals surface area contributed by atoms with Crippen molar-refractivity contribution in [3.8, 4) is 0 Å². The van der Waals surface area contributed by atoms with Crippen molar-refractivity contribution in [3.63, 3.8) is 0 Å². The molecule has 0 radical (unpaired) electrons. The predicted octanol–water partition coefficient (Wildman–Crippen LogP) is 17.5. The summed E-state index contributed by atoms with van der Waals surface area (Å²) in [6, 6.07) is 36.5. The molecule has 2 atom stereocenters. The molecule has 2 unspecified atom stereocenters. The molecule has 8 aromatic carbocycles. The largest absolute Gasteiger partial charge is 0.0628 e. The van der Waals surface area contributed by atoms with Crippen LogP contribution in [-0.4, -0.2) is 0 Å². The third-order valence-corrected chi connectivity index (χ3v) is 13.5. The summed E-state index contributed by atoms with van der Waals surface area (Å²) in [6.07, 6.45) is 13.2. The minimum absolute atomic E-state index is 0.797. The first-order valence-corrected chi connectivity index (χ1v) is 22.4. The maximum atomic E-state index is 3.65. The van der Waals surface area contributed by atoms with Gasteiger partial charge < -0.3 is 0 Å². The Morgan fingerprint density at radius 3 is 1.37 bits per heavy atom. The van der Waals surface area contributed by atoms with Crippen molar-refractivity contribution in [1.82, 2.24) is 0 Å². The average molecular weight is 843 g/mol. The molecule has 0 aliphatic carbocycles. The minimum Gasteiger partial charge on any atom is -0.0628 e. The van der Waals surface area contributed by atoms with Crippen molar-refractivity contribution in [2.75, 3.05) is 0 Å². The van der Waals surface area contributed by atoms with E-state index in [-0.39, 0.29) is 0 Å². The quantitative estimate of drug-likeness (QED) is 0.0957. The molecule has 0 fully saturated rings. The summed E-state index contributed by atoms with van der Waals surface area (Å²) in [4.78, 5) is 0. The molecule has 0 nitrogen and oxygen atoms in total. The zero-order chi connectivity index (χ0) is 37.9. The minimum atomic E-state index is 0.797. The van der Waals surface area contributed by atoms with Crippen LogP contribution in [0.5, 0.6) is 0 Å². The molecule has 0 saturated heterocycles. The first-order chi connectivity index (χ1) is 26.1. The molecule has 0 aliphatic rings. The Labute approximate surface area is 341 Å². The van der Waals surface area contributed by atoms with E-state index >= 15 is 0 Å². The normalized spacial score (nSPS) is 13.4. The SMILES string of the molecule is Brc1ccc2ccc3c(Br)ccc4ccc1c2c43.CC(C)CCCC(C)CCc1cc2ccc(CCC(C)CCCC(C)C)c3ccc4cccc1c4c23. The van der Waals surface area contributed by atoms with Gasteiger partial charge in [0.2, 0.25) is 0 Å². The molecule has 8 aromatic rings. The van der Waals surface area contributed by atoms with Gasteiger partial charge >= 0.3 is 0 Å². The summed E-state index contributed by atoms with van der Waals surface area (Å²) < 4.78 is 2.31. The second-order valence-corrected chi connectivity index (χ2v) is 19.0. The van der Waals surface area contributed by atoms with Gasteiger partial charge in [-0.1, -0.05) is 197 Å². The van der Waals surface area contributed by atoms with Crippen LogP contribution in [0.1, 0.15) is 104 Å². The lowest BCUT2D eigenvalue weighted by Gasteiger charge is -2.19. The molecule has 0 amide bonds. The molecular formula is C52H58Br2. The highest BCUT2D eigenvalue weighted by atomic mass is 79.9. The van der Waals surface area contributed by atoms with Gasteiger partial charge in [-0.2, -0.15) is 0 Å². The van der Waals surface area contributed by atoms with Crippen molar-refractivity contribution in [1.29, 1.82) is 0 Å². The fourth-order valence-corrected chi connectivity index (χ4v) is 9.88. The second-order valence-electron chi connectivity index (χ2n) is 17.3. The standard InChI is InChI=1S/C36H50.C16H8Br2/c1-25(2)10-7-12-27(5)16-18-29-20-21-32-24-31(19-17-28(6)13-8-11-26(3)4)33-15-9-14-30-22-23-34(29)36(32)35(30)33;17-13-8-4-10-2-6-12-14(18)7-3-9-1-5-11(13)16(10)15(9)12/h9,14-15,20-28H,7-8,10-13,16-19H2,1-6H3;1-8H. The Morgan fingerprint density at radius 1 is 0.389 bits per heavy atom. The maximum Gasteiger partial charge on any atom is 0.0254 e. The molecule has 0 saturated carbocycles. The van der Waals surface area contributed by atoms with Gasteiger partial charge in [0.1, 0.15) is 0 Å². The second kappa shape index (κ2) is 17.3. The zero-order valence-corrected chi connectivity index (χ0v) is 36.5. The molecule has 0 N–H and O–H groups in total. The fraction of sp³-hybridized carbons (Fsp3) is 0.385. The fourth-order valence-electron chi connectivity index (χ4n) is 8.96. The van der Waals surface area contributed by atoms with Crippen LogP contribution >= 0.6 is 31.9 Å². The third-order valence-electron chi connectivity index (χ3n) is 12.1. The van der Waals surface area contributed by atoms with Crippen LogP contribution in [-0.2, 0) is 12.8 Å². The van der Waals surface area contributed by atoms with Crippen LogP contribution in [0.25, 0.3) is 64.6 Å². The molecule has 0 spiro atoms. The number of aryl methyl sites for hydroxylation is 2. The highest BCUT2D eigenvalue weighted by Crippen LogP contribution is 2.41. The average Bonchev–Trinajstić information content (AvgIpc) is 3.16. The van der Waals surface area contributed by atoms with Gasteiger partial charge in [-0.05, 0) is 137 Å². The van der Waals surface area contributed by atoms with E-state index in [0.717, 1.165) is 32.6 Å². The molecule has 2 heteroatoms. The summed E-state index contributed by atoms with van der Waals surface area (Å²) in [5, 5.41) is 16.7. The van der Waals surface area contributed by atoms with Gasteiger partial charge in [0.25, 0.3) is 0 Å². The Balaban J connectivity index is 0.000000206. The molecule has 0 bridgehead atoms. The molecule has 0 aliphatic heterocycles. The van der Waals surface area contributed by atoms with Crippen molar-refractivity contribution in [3.05, 3.63) is 117 Å². The first kappa shape index (κ1) is 39.1. The van der Waals surface area contributed by atoms with Gasteiger partial charge in [0.15, 0.2) is 0 Å². The Hall–Kier alpha value is -3.20. The van der Waals surface area contributed by atoms with Crippen molar-refractivity contribution in [2.24, 2.45) is 23.7 Å². The topological polar surface area (TPSA) is 0 Å². The number of hydrogen-bond donors (Lipinski definition) is 0. The first-order valence-electron chi connectivity index (χ1n) is 20.8. The number of halogens is 2. The van der Waals surface area contributed by atoms with Crippen LogP contribution in [0.4, 0.5) is 0 Å². The predicted molar refractivity (Wildman–Crippen MR) is 248 cm³/mol. The highest BCUT2D eigenvalue weighted by molar-refractivity contribution is 9.11. The van der Waals surface area contributed by atoms with E-state index in [2.05, 4.69) is 170 Å². The van der Waals surface area contributed by atoms with Crippen LogP contribution in [0, 0.1) is 23.7 Å². The van der Waals surface area contributed by atoms with Gasteiger partial charge in [0.05, 0.1) is 0 Å². The van der Waals surface area contributed by atoms with E-state index in [4.69, 9.17) is 0 Å². The summed E-state index contributed by atoms with van der Waals surface area (Å²) in [6.45, 7) is 14.3. The van der Waals surface area contributed by atoms with Crippen LogP contribution in [0.15, 0.2) is 106 Å². The van der Waals surface area contributed by atoms with Crippen LogP contribution in [0.2, 0.25) is 0 Å². The Morgan fingerprint density at radius 2 is 0.815 bits per heavy atom. The Bertz CT molecular complexity index is 2390. The molecule has 8 rings (SSSR count). The van der Waals surface area contributed by atoms with E-state index in [1.807, 2.05) is 0 Å². The molecular weight excluding hydrogens is 784 g/mol. The van der Waals surface area contributed by atoms with Gasteiger partial charge in [-0.15, -0.1) is 0 Å². The van der Waals surface area contributed by atoms with Gasteiger partial charge in [0, 0.05) is 8.95 Å². The summed E-state index contributed by atoms with van der Waals surface area (Å²) >= 11 is 7.30. The van der Waals surface area contributed by atoms with E-state index in [9.17, 15) is 0 Å².